The fourth-order valence-electron chi connectivity index (χ4n) is 2.49. The Labute approximate surface area is 139 Å². The lowest BCUT2D eigenvalue weighted by molar-refractivity contribution is -0.122. The van der Waals surface area contributed by atoms with Gasteiger partial charge >= 0.3 is 0 Å². The van der Waals surface area contributed by atoms with Crippen LogP contribution >= 0.6 is 11.3 Å². The third-order valence-corrected chi connectivity index (χ3v) is 4.69. The second kappa shape index (κ2) is 7.47. The Bertz CT molecular complexity index is 638. The lowest BCUT2D eigenvalue weighted by atomic mass is 10.3. The van der Waals surface area contributed by atoms with Crippen LogP contribution in [0.3, 0.4) is 0 Å². The summed E-state index contributed by atoms with van der Waals surface area (Å²) in [5, 5.41) is 13.1. The predicted molar refractivity (Wildman–Crippen MR) is 90.5 cm³/mol. The molecular weight excluding hydrogens is 312 g/mol. The van der Waals surface area contributed by atoms with E-state index in [2.05, 4.69) is 30.3 Å². The number of carbonyl (C=O) groups excluding carboxylic acids is 1. The van der Waals surface area contributed by atoms with Crippen LogP contribution in [0.25, 0.3) is 10.7 Å². The van der Waals surface area contributed by atoms with Crippen molar-refractivity contribution in [2.75, 3.05) is 44.2 Å². The van der Waals surface area contributed by atoms with Gasteiger partial charge in [-0.3, -0.25) is 14.7 Å². The molecular formula is C15H20N6OS. The van der Waals surface area contributed by atoms with Gasteiger partial charge in [-0.05, 0) is 19.1 Å². The summed E-state index contributed by atoms with van der Waals surface area (Å²) in [4.78, 5) is 20.3. The van der Waals surface area contributed by atoms with Gasteiger partial charge in [0.2, 0.25) is 11.0 Å². The normalized spacial score (nSPS) is 15.6. The Morgan fingerprint density at radius 2 is 2.09 bits per heavy atom. The molecule has 0 saturated carbocycles. The lowest BCUT2D eigenvalue weighted by Crippen LogP contribution is -2.49. The number of nitrogens with zero attached hydrogens (tertiary/aromatic N) is 5. The number of carbonyl (C=O) groups is 1. The Morgan fingerprint density at radius 3 is 2.78 bits per heavy atom. The summed E-state index contributed by atoms with van der Waals surface area (Å²) in [5.41, 5.74) is 0.853. The molecule has 0 bridgehead atoms. The number of pyridine rings is 1. The molecule has 1 fully saturated rings. The summed E-state index contributed by atoms with van der Waals surface area (Å²) in [6, 6.07) is 5.78. The zero-order valence-electron chi connectivity index (χ0n) is 13.1. The fourth-order valence-corrected chi connectivity index (χ4v) is 3.36. The highest BCUT2D eigenvalue weighted by Gasteiger charge is 2.21. The second-order valence-corrected chi connectivity index (χ2v) is 6.28. The van der Waals surface area contributed by atoms with E-state index >= 15 is 0 Å². The van der Waals surface area contributed by atoms with Crippen molar-refractivity contribution >= 4 is 22.4 Å². The number of piperazine rings is 1. The SMILES string of the molecule is CCNC(=O)CN1CCN(c2nnc(-c3ccccn3)s2)CC1. The van der Waals surface area contributed by atoms with Gasteiger partial charge < -0.3 is 10.2 Å². The van der Waals surface area contributed by atoms with Crippen LogP contribution in [0.1, 0.15) is 6.92 Å². The highest BCUT2D eigenvalue weighted by atomic mass is 32.1. The largest absolute Gasteiger partial charge is 0.355 e. The minimum atomic E-state index is 0.0919. The van der Waals surface area contributed by atoms with Crippen molar-refractivity contribution in [1.82, 2.24) is 25.4 Å². The topological polar surface area (TPSA) is 74.2 Å². The number of rotatable bonds is 5. The highest BCUT2D eigenvalue weighted by molar-refractivity contribution is 7.18. The fraction of sp³-hybridized carbons (Fsp3) is 0.467. The van der Waals surface area contributed by atoms with E-state index in [1.165, 1.54) is 0 Å². The van der Waals surface area contributed by atoms with E-state index in [-0.39, 0.29) is 5.91 Å². The Kier molecular flexibility index (Phi) is 5.14. The molecule has 2 aromatic rings. The number of nitrogens with one attached hydrogen (secondary N) is 1. The molecule has 3 rings (SSSR count). The zero-order chi connectivity index (χ0) is 16.1. The van der Waals surface area contributed by atoms with Crippen LogP contribution in [0.5, 0.6) is 0 Å². The molecule has 3 heterocycles. The van der Waals surface area contributed by atoms with Crippen molar-refractivity contribution in [2.45, 2.75) is 6.92 Å². The van der Waals surface area contributed by atoms with Crippen molar-refractivity contribution in [3.63, 3.8) is 0 Å². The third-order valence-electron chi connectivity index (χ3n) is 3.68. The van der Waals surface area contributed by atoms with Gasteiger partial charge in [0.15, 0.2) is 5.01 Å². The molecule has 122 valence electrons. The minimum Gasteiger partial charge on any atom is -0.355 e. The average molecular weight is 332 g/mol. The van der Waals surface area contributed by atoms with Crippen LogP contribution < -0.4 is 10.2 Å². The van der Waals surface area contributed by atoms with E-state index in [0.29, 0.717) is 13.1 Å². The molecule has 1 N–H and O–H groups in total. The first-order valence-corrected chi connectivity index (χ1v) is 8.57. The van der Waals surface area contributed by atoms with Crippen LogP contribution in [0.4, 0.5) is 5.13 Å². The molecule has 0 unspecified atom stereocenters. The van der Waals surface area contributed by atoms with Crippen LogP contribution in [0.2, 0.25) is 0 Å². The summed E-state index contributed by atoms with van der Waals surface area (Å²) in [6.45, 7) is 6.51. The molecule has 1 saturated heterocycles. The smallest absolute Gasteiger partial charge is 0.234 e. The van der Waals surface area contributed by atoms with Gasteiger partial charge in [0.1, 0.15) is 5.69 Å². The molecule has 0 radical (unpaired) electrons. The molecule has 8 heteroatoms. The van der Waals surface area contributed by atoms with Crippen LogP contribution in [0.15, 0.2) is 24.4 Å². The Hall–Kier alpha value is -2.06. The van der Waals surface area contributed by atoms with Crippen molar-refractivity contribution in [3.05, 3.63) is 24.4 Å². The van der Waals surface area contributed by atoms with E-state index in [1.54, 1.807) is 17.5 Å². The molecule has 1 aliphatic rings. The minimum absolute atomic E-state index is 0.0919. The van der Waals surface area contributed by atoms with E-state index in [1.807, 2.05) is 25.1 Å². The number of likely N-dealkylation sites (N-methyl/N-ethyl adjacent to an activating group) is 1. The standard InChI is InChI=1S/C15H20N6OS/c1-2-16-13(22)11-20-7-9-21(10-8-20)15-19-18-14(23-15)12-5-3-4-6-17-12/h3-6H,2,7-11H2,1H3,(H,16,22). The number of amides is 1. The van der Waals surface area contributed by atoms with Gasteiger partial charge in [-0.25, -0.2) is 0 Å². The van der Waals surface area contributed by atoms with Crippen LogP contribution in [-0.4, -0.2) is 65.3 Å². The first-order chi connectivity index (χ1) is 11.3. The molecule has 2 aromatic heterocycles. The van der Waals surface area contributed by atoms with E-state index in [0.717, 1.165) is 42.0 Å². The number of hydrogen-bond acceptors (Lipinski definition) is 7. The molecule has 0 spiro atoms. The van der Waals surface area contributed by atoms with E-state index in [4.69, 9.17) is 0 Å². The molecule has 0 aliphatic carbocycles. The Balaban J connectivity index is 1.56. The molecule has 0 atom stereocenters. The molecule has 0 aromatic carbocycles. The predicted octanol–water partition coefficient (Wildman–Crippen LogP) is 0.858. The van der Waals surface area contributed by atoms with Crippen molar-refractivity contribution in [2.24, 2.45) is 0 Å². The number of hydrogen-bond donors (Lipinski definition) is 1. The van der Waals surface area contributed by atoms with Gasteiger partial charge in [0.05, 0.1) is 6.54 Å². The monoisotopic (exact) mass is 332 g/mol. The maximum absolute atomic E-state index is 11.6. The van der Waals surface area contributed by atoms with Gasteiger partial charge in [-0.1, -0.05) is 17.4 Å². The summed E-state index contributed by atoms with van der Waals surface area (Å²) in [5.74, 6) is 0.0919. The van der Waals surface area contributed by atoms with Gasteiger partial charge in [-0.2, -0.15) is 0 Å². The highest BCUT2D eigenvalue weighted by Crippen LogP contribution is 2.27. The van der Waals surface area contributed by atoms with E-state index in [9.17, 15) is 4.79 Å². The molecule has 1 aliphatic heterocycles. The first kappa shape index (κ1) is 15.8. The van der Waals surface area contributed by atoms with E-state index < -0.39 is 0 Å². The van der Waals surface area contributed by atoms with Gasteiger partial charge in [0.25, 0.3) is 0 Å². The summed E-state index contributed by atoms with van der Waals surface area (Å²) in [6.07, 6.45) is 1.76. The van der Waals surface area contributed by atoms with Crippen LogP contribution in [0, 0.1) is 0 Å². The molecule has 1 amide bonds. The first-order valence-electron chi connectivity index (χ1n) is 7.75. The van der Waals surface area contributed by atoms with Crippen molar-refractivity contribution in [1.29, 1.82) is 0 Å². The molecule has 7 nitrogen and oxygen atoms in total. The number of anilines is 1. The quantitative estimate of drug-likeness (QED) is 0.875. The molecule has 23 heavy (non-hydrogen) atoms. The number of aromatic nitrogens is 3. The third kappa shape index (κ3) is 4.02. The maximum atomic E-state index is 11.6. The van der Waals surface area contributed by atoms with Gasteiger partial charge in [0, 0.05) is 38.9 Å². The average Bonchev–Trinajstić information content (AvgIpc) is 3.07. The van der Waals surface area contributed by atoms with Gasteiger partial charge in [-0.15, -0.1) is 10.2 Å². The zero-order valence-corrected chi connectivity index (χ0v) is 13.9. The second-order valence-electron chi connectivity index (χ2n) is 5.32. The summed E-state index contributed by atoms with van der Waals surface area (Å²) in [7, 11) is 0. The van der Waals surface area contributed by atoms with Crippen LogP contribution in [-0.2, 0) is 4.79 Å². The van der Waals surface area contributed by atoms with Crippen molar-refractivity contribution in [3.8, 4) is 10.7 Å². The van der Waals surface area contributed by atoms with Crippen molar-refractivity contribution < 1.29 is 4.79 Å². The lowest BCUT2D eigenvalue weighted by Gasteiger charge is -2.33. The maximum Gasteiger partial charge on any atom is 0.234 e. The Morgan fingerprint density at radius 1 is 1.26 bits per heavy atom. The summed E-state index contributed by atoms with van der Waals surface area (Å²) >= 11 is 1.56. The summed E-state index contributed by atoms with van der Waals surface area (Å²) < 4.78 is 0.